The molecule has 0 bridgehead atoms. The molecule has 1 unspecified atom stereocenters. The molecule has 0 aromatic heterocycles. The van der Waals surface area contributed by atoms with E-state index < -0.39 is 32.7 Å². The molecule has 17 heavy (non-hydrogen) atoms. The van der Waals surface area contributed by atoms with Crippen molar-refractivity contribution in [3.8, 4) is 0 Å². The van der Waals surface area contributed by atoms with E-state index >= 15 is 0 Å². The van der Waals surface area contributed by atoms with Crippen LogP contribution in [-0.2, 0) is 10.0 Å². The van der Waals surface area contributed by atoms with Crippen LogP contribution in [0.1, 0.15) is 6.42 Å². The number of aliphatic hydroxyl groups is 1. The van der Waals surface area contributed by atoms with Crippen LogP contribution in [0.15, 0.2) is 23.1 Å². The van der Waals surface area contributed by atoms with E-state index in [0.717, 1.165) is 16.4 Å². The van der Waals surface area contributed by atoms with E-state index in [9.17, 15) is 22.3 Å². The van der Waals surface area contributed by atoms with Gasteiger partial charge in [-0.3, -0.25) is 0 Å². The Labute approximate surface area is 97.5 Å². The van der Waals surface area contributed by atoms with Crippen molar-refractivity contribution in [2.75, 3.05) is 13.1 Å². The van der Waals surface area contributed by atoms with Crippen molar-refractivity contribution in [1.82, 2.24) is 4.31 Å². The van der Waals surface area contributed by atoms with Gasteiger partial charge in [0.05, 0.1) is 11.0 Å². The minimum Gasteiger partial charge on any atom is -0.392 e. The Morgan fingerprint density at radius 1 is 1.24 bits per heavy atom. The first kappa shape index (κ1) is 12.4. The Morgan fingerprint density at radius 3 is 2.29 bits per heavy atom. The Balaban J connectivity index is 2.38. The lowest BCUT2D eigenvalue weighted by atomic mass is 10.3. The van der Waals surface area contributed by atoms with Gasteiger partial charge >= 0.3 is 0 Å². The molecule has 1 atom stereocenters. The molecular weight excluding hydrogens is 252 g/mol. The summed E-state index contributed by atoms with van der Waals surface area (Å²) in [6, 6.07) is 2.14. The van der Waals surface area contributed by atoms with Gasteiger partial charge in [-0.1, -0.05) is 0 Å². The van der Waals surface area contributed by atoms with Gasteiger partial charge in [0.1, 0.15) is 11.6 Å². The van der Waals surface area contributed by atoms with Crippen molar-refractivity contribution < 1.29 is 22.3 Å². The fourth-order valence-corrected chi connectivity index (χ4v) is 3.29. The van der Waals surface area contributed by atoms with Gasteiger partial charge in [0, 0.05) is 19.2 Å². The lowest BCUT2D eigenvalue weighted by Crippen LogP contribution is -2.29. The van der Waals surface area contributed by atoms with Crippen LogP contribution in [0.3, 0.4) is 0 Å². The Morgan fingerprint density at radius 2 is 1.82 bits per heavy atom. The molecule has 1 aliphatic heterocycles. The van der Waals surface area contributed by atoms with Crippen LogP contribution < -0.4 is 0 Å². The first-order valence-corrected chi connectivity index (χ1v) is 6.48. The van der Waals surface area contributed by atoms with E-state index in [1.165, 1.54) is 0 Å². The van der Waals surface area contributed by atoms with E-state index in [1.54, 1.807) is 0 Å². The van der Waals surface area contributed by atoms with Crippen molar-refractivity contribution >= 4 is 10.0 Å². The molecule has 1 saturated heterocycles. The van der Waals surface area contributed by atoms with E-state index in [1.807, 2.05) is 0 Å². The van der Waals surface area contributed by atoms with E-state index in [4.69, 9.17) is 0 Å². The molecule has 0 amide bonds. The largest absolute Gasteiger partial charge is 0.392 e. The molecule has 1 fully saturated rings. The minimum atomic E-state index is -3.92. The number of rotatable bonds is 2. The topological polar surface area (TPSA) is 57.6 Å². The maximum Gasteiger partial charge on any atom is 0.243 e. The number of hydrogen-bond acceptors (Lipinski definition) is 3. The number of benzene rings is 1. The summed E-state index contributed by atoms with van der Waals surface area (Å²) in [6.07, 6.45) is -0.389. The third-order valence-electron chi connectivity index (χ3n) is 2.60. The highest BCUT2D eigenvalue weighted by atomic mass is 32.2. The summed E-state index contributed by atoms with van der Waals surface area (Å²) in [5, 5.41) is 9.26. The second kappa shape index (κ2) is 4.32. The molecule has 4 nitrogen and oxygen atoms in total. The average Bonchev–Trinajstić information content (AvgIpc) is 2.64. The van der Waals surface area contributed by atoms with Gasteiger partial charge < -0.3 is 5.11 Å². The zero-order chi connectivity index (χ0) is 12.6. The van der Waals surface area contributed by atoms with Gasteiger partial charge in [-0.05, 0) is 18.6 Å². The summed E-state index contributed by atoms with van der Waals surface area (Å²) in [5.41, 5.74) is 0. The number of hydrogen-bond donors (Lipinski definition) is 1. The smallest absolute Gasteiger partial charge is 0.243 e. The van der Waals surface area contributed by atoms with Crippen LogP contribution in [0.25, 0.3) is 0 Å². The summed E-state index contributed by atoms with van der Waals surface area (Å²) >= 11 is 0. The van der Waals surface area contributed by atoms with Crippen LogP contribution in [0.5, 0.6) is 0 Å². The van der Waals surface area contributed by atoms with Gasteiger partial charge in [0.15, 0.2) is 0 Å². The highest BCUT2D eigenvalue weighted by molar-refractivity contribution is 7.89. The molecule has 0 radical (unpaired) electrons. The SMILES string of the molecule is O=S(=O)(c1cc(F)cc(F)c1)N1CCC(O)C1. The molecule has 0 aliphatic carbocycles. The van der Waals surface area contributed by atoms with E-state index in [0.29, 0.717) is 12.5 Å². The van der Waals surface area contributed by atoms with Gasteiger partial charge in [0.2, 0.25) is 10.0 Å². The van der Waals surface area contributed by atoms with Crippen LogP contribution in [0.4, 0.5) is 8.78 Å². The number of β-amino-alcohol motifs (C(OH)–C–C–N with tert-alkyl or cyclic N) is 1. The highest BCUT2D eigenvalue weighted by Crippen LogP contribution is 2.22. The van der Waals surface area contributed by atoms with Crippen molar-refractivity contribution in [2.24, 2.45) is 0 Å². The van der Waals surface area contributed by atoms with Gasteiger partial charge in [-0.15, -0.1) is 0 Å². The summed E-state index contributed by atoms with van der Waals surface area (Å²) in [7, 11) is -3.92. The normalized spacial score (nSPS) is 21.9. The molecule has 7 heteroatoms. The Hall–Kier alpha value is -1.05. The molecule has 0 saturated carbocycles. The number of halogens is 2. The third kappa shape index (κ3) is 2.46. The lowest BCUT2D eigenvalue weighted by molar-refractivity contribution is 0.189. The van der Waals surface area contributed by atoms with Gasteiger partial charge in [0.25, 0.3) is 0 Å². The molecule has 1 aliphatic rings. The number of nitrogens with zero attached hydrogens (tertiary/aromatic N) is 1. The average molecular weight is 263 g/mol. The number of sulfonamides is 1. The first-order valence-electron chi connectivity index (χ1n) is 5.04. The summed E-state index contributed by atoms with van der Waals surface area (Å²) in [5.74, 6) is -1.88. The monoisotopic (exact) mass is 263 g/mol. The molecule has 1 heterocycles. The fourth-order valence-electron chi connectivity index (χ4n) is 1.76. The van der Waals surface area contributed by atoms with Crippen LogP contribution in [0, 0.1) is 11.6 Å². The van der Waals surface area contributed by atoms with E-state index in [2.05, 4.69) is 0 Å². The molecule has 0 spiro atoms. The highest BCUT2D eigenvalue weighted by Gasteiger charge is 2.32. The zero-order valence-corrected chi connectivity index (χ0v) is 9.62. The van der Waals surface area contributed by atoms with Crippen LogP contribution in [-0.4, -0.2) is 37.0 Å². The molecular formula is C10H11F2NO3S. The summed E-state index contributed by atoms with van der Waals surface area (Å²) in [6.45, 7) is 0.113. The maximum absolute atomic E-state index is 12.9. The standard InChI is InChI=1S/C10H11F2NO3S/c11-7-3-8(12)5-10(4-7)17(15,16)13-2-1-9(14)6-13/h3-5,9,14H,1-2,6H2. The van der Waals surface area contributed by atoms with Crippen molar-refractivity contribution in [3.05, 3.63) is 29.8 Å². The summed E-state index contributed by atoms with van der Waals surface area (Å²) < 4.78 is 50.9. The summed E-state index contributed by atoms with van der Waals surface area (Å²) in [4.78, 5) is -0.427. The quantitative estimate of drug-likeness (QED) is 0.855. The predicted molar refractivity (Wildman–Crippen MR) is 55.7 cm³/mol. The first-order chi connectivity index (χ1) is 7.89. The lowest BCUT2D eigenvalue weighted by Gasteiger charge is -2.15. The maximum atomic E-state index is 12.9. The predicted octanol–water partition coefficient (Wildman–Crippen LogP) is 0.720. The Kier molecular flexibility index (Phi) is 3.15. The number of aliphatic hydroxyl groups excluding tert-OH is 1. The van der Waals surface area contributed by atoms with Crippen molar-refractivity contribution in [2.45, 2.75) is 17.4 Å². The van der Waals surface area contributed by atoms with Gasteiger partial charge in [-0.25, -0.2) is 17.2 Å². The molecule has 1 aromatic carbocycles. The van der Waals surface area contributed by atoms with E-state index in [-0.39, 0.29) is 13.1 Å². The fraction of sp³-hybridized carbons (Fsp3) is 0.400. The van der Waals surface area contributed by atoms with Crippen molar-refractivity contribution in [3.63, 3.8) is 0 Å². The molecule has 2 rings (SSSR count). The Bertz CT molecular complexity index is 512. The van der Waals surface area contributed by atoms with Crippen LogP contribution in [0.2, 0.25) is 0 Å². The van der Waals surface area contributed by atoms with Gasteiger partial charge in [-0.2, -0.15) is 4.31 Å². The van der Waals surface area contributed by atoms with Crippen molar-refractivity contribution in [1.29, 1.82) is 0 Å². The van der Waals surface area contributed by atoms with Crippen LogP contribution >= 0.6 is 0 Å². The third-order valence-corrected chi connectivity index (χ3v) is 4.44. The molecule has 1 aromatic rings. The molecule has 1 N–H and O–H groups in total. The second-order valence-corrected chi connectivity index (χ2v) is 5.85. The molecule has 94 valence electrons. The zero-order valence-electron chi connectivity index (χ0n) is 8.81. The second-order valence-electron chi connectivity index (χ2n) is 3.91. The minimum absolute atomic E-state index is 0.0412.